The summed E-state index contributed by atoms with van der Waals surface area (Å²) in [4.78, 5) is 11.8. The number of hydrazine groups is 1. The number of amides is 1. The monoisotopic (exact) mass is 239 g/mol. The van der Waals surface area contributed by atoms with Crippen molar-refractivity contribution in [1.29, 1.82) is 0 Å². The van der Waals surface area contributed by atoms with E-state index in [1.54, 1.807) is 31.2 Å². The number of nitrogens with one attached hydrogen (secondary N) is 1. The van der Waals surface area contributed by atoms with Crippen molar-refractivity contribution < 1.29 is 14.3 Å². The molecule has 0 bridgehead atoms. The summed E-state index contributed by atoms with van der Waals surface area (Å²) < 4.78 is 10.2. The third-order valence-electron chi connectivity index (χ3n) is 2.13. The lowest BCUT2D eigenvalue weighted by molar-refractivity contribution is 0.0857. The molecule has 1 rings (SSSR count). The Kier molecular flexibility index (Phi) is 4.17. The van der Waals surface area contributed by atoms with Crippen molar-refractivity contribution in [1.82, 2.24) is 10.4 Å². The third-order valence-corrected chi connectivity index (χ3v) is 2.13. The number of methoxy groups -OCH3 is 2. The largest absolute Gasteiger partial charge is 0.493 e. The molecule has 0 aliphatic heterocycles. The van der Waals surface area contributed by atoms with E-state index in [2.05, 4.69) is 5.43 Å². The number of ether oxygens (including phenoxy) is 2. The first-order chi connectivity index (χ1) is 7.99. The Bertz CT molecular complexity index is 419. The molecule has 0 atom stereocenters. The Morgan fingerprint density at radius 1 is 1.24 bits per heavy atom. The molecule has 6 heteroatoms. The lowest BCUT2D eigenvalue weighted by Crippen LogP contribution is -2.36. The van der Waals surface area contributed by atoms with Gasteiger partial charge >= 0.3 is 0 Å². The number of hydrogen-bond acceptors (Lipinski definition) is 5. The molecule has 0 aliphatic rings. The van der Waals surface area contributed by atoms with Crippen molar-refractivity contribution in [3.8, 4) is 11.5 Å². The predicted octanol–water partition coefficient (Wildman–Crippen LogP) is 0.492. The molecule has 0 saturated carbocycles. The summed E-state index contributed by atoms with van der Waals surface area (Å²) in [6.45, 7) is 0. The summed E-state index contributed by atoms with van der Waals surface area (Å²) in [5, 5.41) is 1.54. The topological polar surface area (TPSA) is 76.8 Å². The Hall–Kier alpha value is -1.95. The first-order valence-electron chi connectivity index (χ1n) is 4.99. The van der Waals surface area contributed by atoms with Crippen LogP contribution in [0.2, 0.25) is 0 Å². The standard InChI is InChI=1S/C11H17N3O3/c1-14(2)13-11(15)7-5-9(16-3)10(17-4)6-8(7)12/h5-6H,12H2,1-4H3,(H,13,15). The predicted molar refractivity (Wildman–Crippen MR) is 65.1 cm³/mol. The fourth-order valence-electron chi connectivity index (χ4n) is 1.35. The lowest BCUT2D eigenvalue weighted by atomic mass is 10.1. The van der Waals surface area contributed by atoms with Gasteiger partial charge in [0.15, 0.2) is 11.5 Å². The van der Waals surface area contributed by atoms with Gasteiger partial charge in [-0.25, -0.2) is 5.01 Å². The highest BCUT2D eigenvalue weighted by Crippen LogP contribution is 2.31. The highest BCUT2D eigenvalue weighted by atomic mass is 16.5. The maximum atomic E-state index is 11.8. The summed E-state index contributed by atoms with van der Waals surface area (Å²) in [5.74, 6) is 0.658. The van der Waals surface area contributed by atoms with Gasteiger partial charge in [0.2, 0.25) is 0 Å². The second-order valence-corrected chi connectivity index (χ2v) is 3.63. The van der Waals surface area contributed by atoms with E-state index in [0.29, 0.717) is 22.7 Å². The van der Waals surface area contributed by atoms with Gasteiger partial charge in [0.1, 0.15) is 0 Å². The van der Waals surface area contributed by atoms with Gasteiger partial charge in [-0.1, -0.05) is 0 Å². The van der Waals surface area contributed by atoms with Gasteiger partial charge in [0, 0.05) is 25.8 Å². The van der Waals surface area contributed by atoms with Gasteiger partial charge in [0.25, 0.3) is 5.91 Å². The van der Waals surface area contributed by atoms with Crippen molar-refractivity contribution >= 4 is 11.6 Å². The highest BCUT2D eigenvalue weighted by Gasteiger charge is 2.15. The molecule has 3 N–H and O–H groups in total. The third kappa shape index (κ3) is 3.01. The molecule has 1 amide bonds. The van der Waals surface area contributed by atoms with Crippen molar-refractivity contribution in [3.63, 3.8) is 0 Å². The first kappa shape index (κ1) is 13.1. The number of carbonyl (C=O) groups excluding carboxylic acids is 1. The minimum absolute atomic E-state index is 0.298. The zero-order valence-corrected chi connectivity index (χ0v) is 10.4. The smallest absolute Gasteiger partial charge is 0.267 e. The molecule has 0 fully saturated rings. The average molecular weight is 239 g/mol. The van der Waals surface area contributed by atoms with Crippen molar-refractivity contribution in [3.05, 3.63) is 17.7 Å². The fraction of sp³-hybridized carbons (Fsp3) is 0.364. The van der Waals surface area contributed by atoms with Gasteiger partial charge in [0.05, 0.1) is 19.8 Å². The van der Waals surface area contributed by atoms with Crippen LogP contribution in [-0.2, 0) is 0 Å². The van der Waals surface area contributed by atoms with Crippen molar-refractivity contribution in [2.75, 3.05) is 34.0 Å². The van der Waals surface area contributed by atoms with Crippen LogP contribution in [0.15, 0.2) is 12.1 Å². The van der Waals surface area contributed by atoms with Crippen LogP contribution in [0, 0.1) is 0 Å². The minimum atomic E-state index is -0.298. The second-order valence-electron chi connectivity index (χ2n) is 3.63. The Morgan fingerprint density at radius 3 is 2.24 bits per heavy atom. The molecule has 1 aromatic carbocycles. The SMILES string of the molecule is COc1cc(N)c(C(=O)NN(C)C)cc1OC. The number of rotatable bonds is 4. The van der Waals surface area contributed by atoms with E-state index < -0.39 is 0 Å². The van der Waals surface area contributed by atoms with E-state index in [4.69, 9.17) is 15.2 Å². The van der Waals surface area contributed by atoms with Crippen molar-refractivity contribution in [2.24, 2.45) is 0 Å². The van der Waals surface area contributed by atoms with Gasteiger partial charge in [-0.15, -0.1) is 0 Å². The zero-order valence-electron chi connectivity index (χ0n) is 10.4. The number of benzene rings is 1. The van der Waals surface area contributed by atoms with E-state index in [-0.39, 0.29) is 5.91 Å². The summed E-state index contributed by atoms with van der Waals surface area (Å²) >= 11 is 0. The molecule has 0 aliphatic carbocycles. The highest BCUT2D eigenvalue weighted by molar-refractivity contribution is 5.99. The Balaban J connectivity index is 3.12. The second kappa shape index (κ2) is 5.40. The van der Waals surface area contributed by atoms with E-state index >= 15 is 0 Å². The van der Waals surface area contributed by atoms with Crippen LogP contribution < -0.4 is 20.6 Å². The number of nitrogen functional groups attached to an aromatic ring is 1. The molecule has 94 valence electrons. The maximum absolute atomic E-state index is 11.8. The first-order valence-corrected chi connectivity index (χ1v) is 4.99. The van der Waals surface area contributed by atoms with E-state index in [9.17, 15) is 4.79 Å². The average Bonchev–Trinajstić information content (AvgIpc) is 2.27. The van der Waals surface area contributed by atoms with Crippen LogP contribution in [-0.4, -0.2) is 39.2 Å². The molecule has 6 nitrogen and oxygen atoms in total. The molecule has 1 aromatic rings. The van der Waals surface area contributed by atoms with Crippen LogP contribution in [0.4, 0.5) is 5.69 Å². The molecular weight excluding hydrogens is 222 g/mol. The molecule has 17 heavy (non-hydrogen) atoms. The number of nitrogens with two attached hydrogens (primary N) is 1. The molecular formula is C11H17N3O3. The van der Waals surface area contributed by atoms with E-state index in [0.717, 1.165) is 0 Å². The van der Waals surface area contributed by atoms with Gasteiger partial charge in [-0.05, 0) is 6.07 Å². The number of carbonyl (C=O) groups is 1. The maximum Gasteiger partial charge on any atom is 0.267 e. The Labute approximate surface area is 100 Å². The molecule has 0 aromatic heterocycles. The number of nitrogens with zero attached hydrogens (tertiary/aromatic N) is 1. The van der Waals surface area contributed by atoms with E-state index in [1.807, 2.05) is 0 Å². The van der Waals surface area contributed by atoms with Gasteiger partial charge < -0.3 is 15.2 Å². The van der Waals surface area contributed by atoms with Crippen LogP contribution in [0.1, 0.15) is 10.4 Å². The lowest BCUT2D eigenvalue weighted by Gasteiger charge is -2.15. The van der Waals surface area contributed by atoms with Crippen LogP contribution >= 0.6 is 0 Å². The molecule has 0 radical (unpaired) electrons. The Morgan fingerprint density at radius 2 is 1.76 bits per heavy atom. The molecule has 0 unspecified atom stereocenters. The van der Waals surface area contributed by atoms with Crippen molar-refractivity contribution in [2.45, 2.75) is 0 Å². The summed E-state index contributed by atoms with van der Waals surface area (Å²) in [6, 6.07) is 3.11. The fourth-order valence-corrected chi connectivity index (χ4v) is 1.35. The quantitative estimate of drug-likeness (QED) is 0.590. The summed E-state index contributed by atoms with van der Waals surface area (Å²) in [7, 11) is 6.45. The summed E-state index contributed by atoms with van der Waals surface area (Å²) in [5.41, 5.74) is 9.07. The summed E-state index contributed by atoms with van der Waals surface area (Å²) in [6.07, 6.45) is 0. The van der Waals surface area contributed by atoms with Gasteiger partial charge in [-0.2, -0.15) is 0 Å². The van der Waals surface area contributed by atoms with Crippen LogP contribution in [0.3, 0.4) is 0 Å². The van der Waals surface area contributed by atoms with Crippen LogP contribution in [0.5, 0.6) is 11.5 Å². The minimum Gasteiger partial charge on any atom is -0.493 e. The molecule has 0 heterocycles. The zero-order chi connectivity index (χ0) is 13.0. The number of anilines is 1. The normalized spacial score (nSPS) is 10.2. The molecule has 0 saturated heterocycles. The molecule has 0 spiro atoms. The van der Waals surface area contributed by atoms with Crippen LogP contribution in [0.25, 0.3) is 0 Å². The van der Waals surface area contributed by atoms with Gasteiger partial charge in [-0.3, -0.25) is 10.2 Å². The van der Waals surface area contributed by atoms with E-state index in [1.165, 1.54) is 14.2 Å². The number of hydrogen-bond donors (Lipinski definition) is 2.